The van der Waals surface area contributed by atoms with Crippen molar-refractivity contribution in [2.75, 3.05) is 47.5 Å². The van der Waals surface area contributed by atoms with Crippen LogP contribution in [0.25, 0.3) is 0 Å². The van der Waals surface area contributed by atoms with Gasteiger partial charge in [-0.05, 0) is 70.6 Å². The summed E-state index contributed by atoms with van der Waals surface area (Å²) in [6.07, 6.45) is 55.4. The van der Waals surface area contributed by atoms with E-state index in [1.165, 1.54) is 96.3 Å². The van der Waals surface area contributed by atoms with E-state index in [2.05, 4.69) is 44.2 Å². The van der Waals surface area contributed by atoms with Crippen molar-refractivity contribution in [2.45, 2.75) is 199 Å². The van der Waals surface area contributed by atoms with Crippen LogP contribution in [0.5, 0.6) is 0 Å². The zero-order valence-corrected chi connectivity index (χ0v) is 42.7. The number of aliphatic hydroxyl groups is 1. The normalized spacial score (nSPS) is 14.6. The number of carbonyl (C=O) groups excluding carboxylic acids is 2. The number of unbranched alkanes of at least 4 members (excludes halogenated alkanes) is 17. The molecule has 11 heteroatoms. The van der Waals surface area contributed by atoms with Crippen LogP contribution >= 0.6 is 7.82 Å². The number of hydrogen-bond donors (Lipinski definition) is 2. The van der Waals surface area contributed by atoms with Crippen LogP contribution in [0, 0.1) is 0 Å². The van der Waals surface area contributed by atoms with Crippen molar-refractivity contribution in [1.29, 1.82) is 0 Å². The quantitative estimate of drug-likeness (QED) is 0.0153. The second-order valence-corrected chi connectivity index (χ2v) is 19.5. The summed E-state index contributed by atoms with van der Waals surface area (Å²) >= 11 is 0. The average Bonchev–Trinajstić information content (AvgIpc) is 3.26. The lowest BCUT2D eigenvalue weighted by molar-refractivity contribution is -0.870. The molecule has 0 saturated carbocycles. The molecule has 0 fully saturated rings. The molecular weight excluding hydrogens is 838 g/mol. The van der Waals surface area contributed by atoms with Crippen molar-refractivity contribution >= 4 is 19.8 Å². The maximum atomic E-state index is 12.7. The van der Waals surface area contributed by atoms with Gasteiger partial charge in [0.05, 0.1) is 33.9 Å². The number of carbonyl (C=O) groups is 2. The molecule has 3 atom stereocenters. The zero-order valence-electron chi connectivity index (χ0n) is 41.8. The van der Waals surface area contributed by atoms with Crippen molar-refractivity contribution in [3.05, 3.63) is 85.1 Å². The minimum Gasteiger partial charge on any atom is -0.462 e. The van der Waals surface area contributed by atoms with Crippen LogP contribution in [0.3, 0.4) is 0 Å². The largest absolute Gasteiger partial charge is 0.472 e. The fraction of sp³-hybridized carbons (Fsp3) is 0.704. The van der Waals surface area contributed by atoms with Gasteiger partial charge >= 0.3 is 19.8 Å². The van der Waals surface area contributed by atoms with Crippen LogP contribution in [-0.2, 0) is 32.7 Å². The van der Waals surface area contributed by atoms with E-state index in [0.717, 1.165) is 44.9 Å². The molecule has 0 rings (SSSR count). The number of ether oxygens (including phenoxy) is 2. The number of phosphoric ester groups is 1. The minimum absolute atomic E-state index is 0.00507. The molecule has 65 heavy (non-hydrogen) atoms. The van der Waals surface area contributed by atoms with E-state index in [-0.39, 0.29) is 26.1 Å². The second kappa shape index (κ2) is 45.0. The van der Waals surface area contributed by atoms with E-state index in [1.807, 2.05) is 69.8 Å². The molecule has 0 heterocycles. The Balaban J connectivity index is 4.42. The highest BCUT2D eigenvalue weighted by molar-refractivity contribution is 7.47. The highest BCUT2D eigenvalue weighted by atomic mass is 31.2. The molecule has 374 valence electrons. The molecule has 2 unspecified atom stereocenters. The van der Waals surface area contributed by atoms with Gasteiger partial charge in [-0.1, -0.05) is 189 Å². The summed E-state index contributed by atoms with van der Waals surface area (Å²) in [5.74, 6) is -0.930. The molecule has 0 radical (unpaired) electrons. The molecule has 0 aromatic carbocycles. The molecule has 0 amide bonds. The molecule has 0 saturated heterocycles. The van der Waals surface area contributed by atoms with Gasteiger partial charge in [0.2, 0.25) is 0 Å². The molecule has 0 spiro atoms. The van der Waals surface area contributed by atoms with Gasteiger partial charge in [0, 0.05) is 12.8 Å². The van der Waals surface area contributed by atoms with Gasteiger partial charge in [0.15, 0.2) is 6.10 Å². The predicted octanol–water partition coefficient (Wildman–Crippen LogP) is 14.1. The van der Waals surface area contributed by atoms with Crippen LogP contribution in [0.4, 0.5) is 0 Å². The van der Waals surface area contributed by atoms with E-state index >= 15 is 0 Å². The van der Waals surface area contributed by atoms with Crippen molar-refractivity contribution in [3.63, 3.8) is 0 Å². The van der Waals surface area contributed by atoms with Gasteiger partial charge in [-0.3, -0.25) is 18.6 Å². The van der Waals surface area contributed by atoms with Crippen LogP contribution in [0.15, 0.2) is 85.1 Å². The highest BCUT2D eigenvalue weighted by Crippen LogP contribution is 2.43. The average molecular weight is 933 g/mol. The van der Waals surface area contributed by atoms with Crippen LogP contribution in [0.2, 0.25) is 0 Å². The van der Waals surface area contributed by atoms with E-state index in [9.17, 15) is 24.2 Å². The molecule has 0 aliphatic heterocycles. The number of esters is 2. The lowest BCUT2D eigenvalue weighted by Gasteiger charge is -2.24. The topological polar surface area (TPSA) is 129 Å². The standard InChI is InChI=1S/C54H94NO9P/c1-6-8-10-12-14-15-16-17-18-19-20-21-22-23-24-25-26-30-33-37-41-45-53(57)61-49-52(50-63-65(59,60)62-48-47-55(3,4)5)64-54(58)46-42-38-34-31-28-27-29-32-36-40-44-51(56)43-39-35-13-11-9-7-2/h9,11,17-18,27-28,32,34-36,38-40,44,51-52,56H,6-8,10,12-16,19-26,29-31,33,37,41-43,45-50H2,1-5H3/p+1/b11-9-,18-17-,28-27-,36-32-,38-34-,39-35-,44-40+/t51?,52-/m1/s1. The first-order valence-electron chi connectivity index (χ1n) is 25.4. The molecular formula is C54H95NO9P+. The molecule has 0 aliphatic rings. The maximum Gasteiger partial charge on any atom is 0.472 e. The zero-order chi connectivity index (χ0) is 48.0. The first-order chi connectivity index (χ1) is 31.4. The number of likely N-dealkylation sites (N-methyl/N-ethyl adjacent to an activating group) is 1. The Labute approximate surface area is 397 Å². The number of phosphoric acid groups is 1. The Hall–Kier alpha value is -2.85. The summed E-state index contributed by atoms with van der Waals surface area (Å²) in [5, 5.41) is 10.0. The van der Waals surface area contributed by atoms with Crippen LogP contribution in [0.1, 0.15) is 187 Å². The molecule has 0 bridgehead atoms. The van der Waals surface area contributed by atoms with Crippen LogP contribution < -0.4 is 0 Å². The number of nitrogens with zero attached hydrogens (tertiary/aromatic N) is 1. The summed E-state index contributed by atoms with van der Waals surface area (Å²) in [5.41, 5.74) is 0. The third-order valence-electron chi connectivity index (χ3n) is 10.5. The second-order valence-electron chi connectivity index (χ2n) is 18.0. The smallest absolute Gasteiger partial charge is 0.462 e. The summed E-state index contributed by atoms with van der Waals surface area (Å²) < 4.78 is 34.3. The Bertz CT molecular complexity index is 1390. The first kappa shape index (κ1) is 62.1. The molecule has 2 N–H and O–H groups in total. The Morgan fingerprint density at radius 1 is 0.569 bits per heavy atom. The Morgan fingerprint density at radius 3 is 1.69 bits per heavy atom. The SMILES string of the molecule is CC/C=C\C/C=C\CC(O)/C=C/C=C\C/C=C\C/C=C\CCC(=O)O[C@H](COC(=O)CCCCCCCCCCCCC/C=C\CCCCCCCC)COP(=O)(O)OCC[N+](C)(C)C. The highest BCUT2D eigenvalue weighted by Gasteiger charge is 2.27. The lowest BCUT2D eigenvalue weighted by Crippen LogP contribution is -2.37. The maximum absolute atomic E-state index is 12.7. The predicted molar refractivity (Wildman–Crippen MR) is 271 cm³/mol. The molecule has 0 aromatic rings. The first-order valence-corrected chi connectivity index (χ1v) is 26.9. The number of rotatable bonds is 45. The van der Waals surface area contributed by atoms with Crippen molar-refractivity contribution in [1.82, 2.24) is 0 Å². The van der Waals surface area contributed by atoms with Gasteiger partial charge in [-0.25, -0.2) is 4.57 Å². The van der Waals surface area contributed by atoms with Crippen LogP contribution in [-0.4, -0.2) is 86.1 Å². The monoisotopic (exact) mass is 933 g/mol. The molecule has 0 aromatic heterocycles. The molecule has 10 nitrogen and oxygen atoms in total. The van der Waals surface area contributed by atoms with E-state index in [1.54, 1.807) is 6.08 Å². The number of hydrogen-bond acceptors (Lipinski definition) is 8. The Morgan fingerprint density at radius 2 is 1.09 bits per heavy atom. The third kappa shape index (κ3) is 48.9. The van der Waals surface area contributed by atoms with Crippen molar-refractivity contribution in [3.8, 4) is 0 Å². The summed E-state index contributed by atoms with van der Waals surface area (Å²) in [6, 6.07) is 0. The van der Waals surface area contributed by atoms with Gasteiger partial charge in [-0.15, -0.1) is 0 Å². The van der Waals surface area contributed by atoms with E-state index in [4.69, 9.17) is 18.5 Å². The number of aliphatic hydroxyl groups excluding tert-OH is 1. The van der Waals surface area contributed by atoms with Gasteiger partial charge in [0.25, 0.3) is 0 Å². The van der Waals surface area contributed by atoms with Crippen molar-refractivity contribution < 1.29 is 47.2 Å². The molecule has 0 aliphatic carbocycles. The van der Waals surface area contributed by atoms with Crippen molar-refractivity contribution in [2.24, 2.45) is 0 Å². The van der Waals surface area contributed by atoms with E-state index < -0.39 is 38.6 Å². The van der Waals surface area contributed by atoms with Gasteiger partial charge in [0.1, 0.15) is 19.8 Å². The number of allylic oxidation sites excluding steroid dienone is 12. The van der Waals surface area contributed by atoms with E-state index in [0.29, 0.717) is 30.3 Å². The van der Waals surface area contributed by atoms with Gasteiger partial charge < -0.3 is 24.0 Å². The minimum atomic E-state index is -4.42. The summed E-state index contributed by atoms with van der Waals surface area (Å²) in [6.45, 7) is 4.14. The van der Waals surface area contributed by atoms with Gasteiger partial charge in [-0.2, -0.15) is 0 Å². The third-order valence-corrected chi connectivity index (χ3v) is 11.5. The summed E-state index contributed by atoms with van der Waals surface area (Å²) in [7, 11) is 1.39. The fourth-order valence-electron chi connectivity index (χ4n) is 6.53. The fourth-order valence-corrected chi connectivity index (χ4v) is 7.27. The summed E-state index contributed by atoms with van der Waals surface area (Å²) in [4.78, 5) is 35.5. The number of quaternary nitrogens is 1. The lowest BCUT2D eigenvalue weighted by atomic mass is 10.0. The Kier molecular flexibility index (Phi) is 43.0.